The van der Waals surface area contributed by atoms with Gasteiger partial charge in [0.2, 0.25) is 0 Å². The van der Waals surface area contributed by atoms with Crippen molar-refractivity contribution < 1.29 is 13.9 Å². The standard InChI is InChI=1S/C12H16FNO2/c1-4-16-12(15)14-11-6-5-9(8(2)3)7-10(11)13/h5-8H,4H2,1-3H3,(H,14,15). The molecule has 1 rings (SSSR count). The van der Waals surface area contributed by atoms with Crippen molar-refractivity contribution in [1.82, 2.24) is 0 Å². The maximum absolute atomic E-state index is 13.5. The third kappa shape index (κ3) is 3.22. The lowest BCUT2D eigenvalue weighted by atomic mass is 10.0. The largest absolute Gasteiger partial charge is 0.450 e. The Kier molecular flexibility index (Phi) is 4.28. The van der Waals surface area contributed by atoms with Crippen LogP contribution in [0, 0.1) is 5.82 Å². The number of ether oxygens (including phenoxy) is 1. The molecular formula is C12H16FNO2. The van der Waals surface area contributed by atoms with Crippen LogP contribution in [0.4, 0.5) is 14.9 Å². The lowest BCUT2D eigenvalue weighted by Crippen LogP contribution is -2.14. The number of benzene rings is 1. The Morgan fingerprint density at radius 1 is 1.50 bits per heavy atom. The zero-order valence-electron chi connectivity index (χ0n) is 9.71. The second-order valence-corrected chi connectivity index (χ2v) is 3.74. The van der Waals surface area contributed by atoms with Crippen LogP contribution in [0.2, 0.25) is 0 Å². The summed E-state index contributed by atoms with van der Waals surface area (Å²) < 4.78 is 18.2. The first kappa shape index (κ1) is 12.5. The molecule has 0 fully saturated rings. The van der Waals surface area contributed by atoms with Gasteiger partial charge in [0.05, 0.1) is 12.3 Å². The van der Waals surface area contributed by atoms with Crippen LogP contribution in [0.25, 0.3) is 0 Å². The molecule has 4 heteroatoms. The van der Waals surface area contributed by atoms with E-state index < -0.39 is 11.9 Å². The second-order valence-electron chi connectivity index (χ2n) is 3.74. The van der Waals surface area contributed by atoms with Crippen LogP contribution >= 0.6 is 0 Å². The van der Waals surface area contributed by atoms with Gasteiger partial charge in [0.15, 0.2) is 0 Å². The Balaban J connectivity index is 2.79. The average Bonchev–Trinajstić information content (AvgIpc) is 2.21. The molecule has 1 N–H and O–H groups in total. The van der Waals surface area contributed by atoms with Crippen molar-refractivity contribution in [2.24, 2.45) is 0 Å². The van der Waals surface area contributed by atoms with E-state index in [-0.39, 0.29) is 18.2 Å². The van der Waals surface area contributed by atoms with Gasteiger partial charge in [-0.3, -0.25) is 5.32 Å². The van der Waals surface area contributed by atoms with E-state index in [0.717, 1.165) is 5.56 Å². The van der Waals surface area contributed by atoms with E-state index in [4.69, 9.17) is 0 Å². The minimum absolute atomic E-state index is 0.142. The van der Waals surface area contributed by atoms with Crippen molar-refractivity contribution in [3.63, 3.8) is 0 Å². The van der Waals surface area contributed by atoms with E-state index in [1.54, 1.807) is 19.1 Å². The molecule has 1 aromatic carbocycles. The molecule has 16 heavy (non-hydrogen) atoms. The summed E-state index contributed by atoms with van der Waals surface area (Å²) in [7, 11) is 0. The Morgan fingerprint density at radius 3 is 2.69 bits per heavy atom. The van der Waals surface area contributed by atoms with Crippen LogP contribution in [-0.4, -0.2) is 12.7 Å². The van der Waals surface area contributed by atoms with Crippen molar-refractivity contribution in [3.8, 4) is 0 Å². The summed E-state index contributed by atoms with van der Waals surface area (Å²) in [5, 5.41) is 2.34. The van der Waals surface area contributed by atoms with Crippen LogP contribution in [0.15, 0.2) is 18.2 Å². The molecule has 0 bridgehead atoms. The van der Waals surface area contributed by atoms with E-state index in [1.165, 1.54) is 6.07 Å². The van der Waals surface area contributed by atoms with Gasteiger partial charge in [-0.25, -0.2) is 9.18 Å². The van der Waals surface area contributed by atoms with Gasteiger partial charge in [-0.05, 0) is 30.5 Å². The van der Waals surface area contributed by atoms with Gasteiger partial charge < -0.3 is 4.74 Å². The summed E-state index contributed by atoms with van der Waals surface area (Å²) in [6.45, 7) is 5.91. The van der Waals surface area contributed by atoms with E-state index in [0.29, 0.717) is 0 Å². The number of carbonyl (C=O) groups is 1. The number of halogens is 1. The molecule has 3 nitrogen and oxygen atoms in total. The number of hydrogen-bond donors (Lipinski definition) is 1. The highest BCUT2D eigenvalue weighted by Crippen LogP contribution is 2.21. The number of nitrogens with one attached hydrogen (secondary N) is 1. The summed E-state index contributed by atoms with van der Waals surface area (Å²) in [6, 6.07) is 4.75. The van der Waals surface area contributed by atoms with Gasteiger partial charge in [-0.1, -0.05) is 19.9 Å². The molecule has 0 atom stereocenters. The monoisotopic (exact) mass is 225 g/mol. The van der Waals surface area contributed by atoms with Crippen LogP contribution in [0.5, 0.6) is 0 Å². The Morgan fingerprint density at radius 2 is 2.19 bits per heavy atom. The topological polar surface area (TPSA) is 38.3 Å². The first-order valence-electron chi connectivity index (χ1n) is 5.27. The van der Waals surface area contributed by atoms with Crippen molar-refractivity contribution in [2.75, 3.05) is 11.9 Å². The molecule has 0 aliphatic heterocycles. The summed E-state index contributed by atoms with van der Waals surface area (Å²) in [6.07, 6.45) is -0.640. The number of carbonyl (C=O) groups excluding carboxylic acids is 1. The molecule has 0 radical (unpaired) electrons. The van der Waals surface area contributed by atoms with Gasteiger partial charge in [0.25, 0.3) is 0 Å². The van der Waals surface area contributed by atoms with Crippen LogP contribution in [-0.2, 0) is 4.74 Å². The fourth-order valence-electron chi connectivity index (χ4n) is 1.27. The number of anilines is 1. The van der Waals surface area contributed by atoms with Crippen LogP contribution in [0.3, 0.4) is 0 Å². The maximum atomic E-state index is 13.5. The van der Waals surface area contributed by atoms with Crippen molar-refractivity contribution in [3.05, 3.63) is 29.6 Å². The van der Waals surface area contributed by atoms with Crippen LogP contribution in [0.1, 0.15) is 32.3 Å². The fraction of sp³-hybridized carbons (Fsp3) is 0.417. The van der Waals surface area contributed by atoms with Gasteiger partial charge in [-0.2, -0.15) is 0 Å². The quantitative estimate of drug-likeness (QED) is 0.854. The number of amides is 1. The maximum Gasteiger partial charge on any atom is 0.411 e. The third-order valence-electron chi connectivity index (χ3n) is 2.17. The summed E-state index contributed by atoms with van der Waals surface area (Å²) in [5.74, 6) is -0.189. The smallest absolute Gasteiger partial charge is 0.411 e. The molecular weight excluding hydrogens is 209 g/mol. The number of rotatable bonds is 3. The highest BCUT2D eigenvalue weighted by molar-refractivity contribution is 5.84. The van der Waals surface area contributed by atoms with E-state index in [9.17, 15) is 9.18 Å². The zero-order chi connectivity index (χ0) is 12.1. The molecule has 1 amide bonds. The Bertz CT molecular complexity index is 377. The molecule has 1 aromatic rings. The molecule has 88 valence electrons. The third-order valence-corrected chi connectivity index (χ3v) is 2.17. The number of hydrogen-bond acceptors (Lipinski definition) is 2. The fourth-order valence-corrected chi connectivity index (χ4v) is 1.27. The van der Waals surface area contributed by atoms with Crippen LogP contribution < -0.4 is 5.32 Å². The molecule has 0 aliphatic rings. The lowest BCUT2D eigenvalue weighted by Gasteiger charge is -2.09. The van der Waals surface area contributed by atoms with Gasteiger partial charge in [-0.15, -0.1) is 0 Å². The summed E-state index contributed by atoms with van der Waals surface area (Å²) in [4.78, 5) is 11.1. The predicted octanol–water partition coefficient (Wildman–Crippen LogP) is 3.52. The van der Waals surface area contributed by atoms with E-state index in [1.807, 2.05) is 13.8 Å². The highest BCUT2D eigenvalue weighted by Gasteiger charge is 2.09. The molecule has 0 saturated heterocycles. The molecule has 0 aliphatic carbocycles. The second kappa shape index (κ2) is 5.49. The molecule has 0 aromatic heterocycles. The highest BCUT2D eigenvalue weighted by atomic mass is 19.1. The average molecular weight is 225 g/mol. The van der Waals surface area contributed by atoms with Crippen molar-refractivity contribution >= 4 is 11.8 Å². The summed E-state index contributed by atoms with van der Waals surface area (Å²) >= 11 is 0. The lowest BCUT2D eigenvalue weighted by molar-refractivity contribution is 0.168. The zero-order valence-corrected chi connectivity index (χ0v) is 9.71. The van der Waals surface area contributed by atoms with Crippen molar-refractivity contribution in [2.45, 2.75) is 26.7 Å². The van der Waals surface area contributed by atoms with E-state index in [2.05, 4.69) is 10.1 Å². The molecule has 0 spiro atoms. The van der Waals surface area contributed by atoms with Crippen molar-refractivity contribution in [1.29, 1.82) is 0 Å². The SMILES string of the molecule is CCOC(=O)Nc1ccc(C(C)C)cc1F. The minimum Gasteiger partial charge on any atom is -0.450 e. The molecule has 0 unspecified atom stereocenters. The first-order chi connectivity index (χ1) is 7.54. The predicted molar refractivity (Wildman–Crippen MR) is 61.1 cm³/mol. The minimum atomic E-state index is -0.640. The summed E-state index contributed by atoms with van der Waals surface area (Å²) in [5.41, 5.74) is 1.04. The first-order valence-corrected chi connectivity index (χ1v) is 5.27. The van der Waals surface area contributed by atoms with Gasteiger partial charge in [0.1, 0.15) is 5.82 Å². The molecule has 0 saturated carbocycles. The normalized spacial score (nSPS) is 10.3. The Labute approximate surface area is 94.6 Å². The van der Waals surface area contributed by atoms with E-state index >= 15 is 0 Å². The Hall–Kier alpha value is -1.58. The van der Waals surface area contributed by atoms with Gasteiger partial charge in [0, 0.05) is 0 Å². The van der Waals surface area contributed by atoms with Gasteiger partial charge >= 0.3 is 6.09 Å². The molecule has 0 heterocycles.